The highest BCUT2D eigenvalue weighted by molar-refractivity contribution is 6.33. The van der Waals surface area contributed by atoms with Crippen molar-refractivity contribution in [1.82, 2.24) is 9.55 Å². The standard InChI is InChI=1S/C11H12ClN3/c1-15-7-10(14-11(15)6-13)8-4-2-3-5-9(8)12/h2-5,7H,6,13H2,1H3. The van der Waals surface area contributed by atoms with Crippen LogP contribution in [0.15, 0.2) is 30.5 Å². The van der Waals surface area contributed by atoms with Crippen molar-refractivity contribution in [2.45, 2.75) is 6.54 Å². The lowest BCUT2D eigenvalue weighted by Crippen LogP contribution is -2.03. The summed E-state index contributed by atoms with van der Waals surface area (Å²) in [5.41, 5.74) is 7.37. The zero-order valence-electron chi connectivity index (χ0n) is 8.44. The molecule has 2 N–H and O–H groups in total. The molecule has 78 valence electrons. The first-order chi connectivity index (χ1) is 7.22. The average molecular weight is 222 g/mol. The van der Waals surface area contributed by atoms with Crippen LogP contribution >= 0.6 is 11.6 Å². The Labute approximate surface area is 93.5 Å². The third-order valence-corrected chi connectivity index (χ3v) is 2.63. The number of aryl methyl sites for hydroxylation is 1. The molecule has 0 amide bonds. The molecule has 0 bridgehead atoms. The highest BCUT2D eigenvalue weighted by Gasteiger charge is 2.08. The molecule has 2 rings (SSSR count). The van der Waals surface area contributed by atoms with Gasteiger partial charge in [-0.3, -0.25) is 0 Å². The van der Waals surface area contributed by atoms with E-state index in [4.69, 9.17) is 17.3 Å². The van der Waals surface area contributed by atoms with E-state index in [-0.39, 0.29) is 0 Å². The maximum absolute atomic E-state index is 6.08. The van der Waals surface area contributed by atoms with E-state index in [1.165, 1.54) is 0 Å². The molecule has 0 saturated carbocycles. The molecule has 0 fully saturated rings. The van der Waals surface area contributed by atoms with Crippen molar-refractivity contribution >= 4 is 11.6 Å². The molecule has 0 aliphatic heterocycles. The van der Waals surface area contributed by atoms with Gasteiger partial charge in [-0.15, -0.1) is 0 Å². The van der Waals surface area contributed by atoms with Gasteiger partial charge in [0.05, 0.1) is 17.3 Å². The van der Waals surface area contributed by atoms with Crippen LogP contribution < -0.4 is 5.73 Å². The van der Waals surface area contributed by atoms with Gasteiger partial charge in [0.15, 0.2) is 0 Å². The van der Waals surface area contributed by atoms with Gasteiger partial charge in [0.25, 0.3) is 0 Å². The molecule has 0 aliphatic carbocycles. The predicted molar refractivity (Wildman–Crippen MR) is 61.5 cm³/mol. The van der Waals surface area contributed by atoms with E-state index >= 15 is 0 Å². The smallest absolute Gasteiger partial charge is 0.122 e. The molecule has 1 heterocycles. The van der Waals surface area contributed by atoms with Crippen molar-refractivity contribution in [2.24, 2.45) is 12.8 Å². The summed E-state index contributed by atoms with van der Waals surface area (Å²) in [5, 5.41) is 0.708. The number of halogens is 1. The Kier molecular flexibility index (Phi) is 2.75. The zero-order chi connectivity index (χ0) is 10.8. The molecule has 0 saturated heterocycles. The average Bonchev–Trinajstić information content (AvgIpc) is 2.60. The molecule has 1 aromatic carbocycles. The van der Waals surface area contributed by atoms with Gasteiger partial charge in [-0.1, -0.05) is 29.8 Å². The van der Waals surface area contributed by atoms with Crippen LogP contribution in [0, 0.1) is 0 Å². The third-order valence-electron chi connectivity index (χ3n) is 2.30. The van der Waals surface area contributed by atoms with Crippen molar-refractivity contribution in [3.63, 3.8) is 0 Å². The molecular weight excluding hydrogens is 210 g/mol. The SMILES string of the molecule is Cn1cc(-c2ccccc2Cl)nc1CN. The lowest BCUT2D eigenvalue weighted by atomic mass is 10.2. The Balaban J connectivity index is 2.50. The second-order valence-corrected chi connectivity index (χ2v) is 3.74. The lowest BCUT2D eigenvalue weighted by Gasteiger charge is -1.98. The Morgan fingerprint density at radius 2 is 2.13 bits per heavy atom. The lowest BCUT2D eigenvalue weighted by molar-refractivity contribution is 0.794. The Hall–Kier alpha value is -1.32. The number of nitrogens with two attached hydrogens (primary N) is 1. The summed E-state index contributed by atoms with van der Waals surface area (Å²) < 4.78 is 1.92. The Bertz CT molecular complexity index is 476. The first kappa shape index (κ1) is 10.2. The second kappa shape index (κ2) is 4.04. The summed E-state index contributed by atoms with van der Waals surface area (Å²) in [6.07, 6.45) is 1.93. The number of rotatable bonds is 2. The van der Waals surface area contributed by atoms with E-state index < -0.39 is 0 Å². The van der Waals surface area contributed by atoms with Crippen LogP contribution in [0.25, 0.3) is 11.3 Å². The van der Waals surface area contributed by atoms with Gasteiger partial charge in [0, 0.05) is 18.8 Å². The van der Waals surface area contributed by atoms with Crippen molar-refractivity contribution in [2.75, 3.05) is 0 Å². The summed E-state index contributed by atoms with van der Waals surface area (Å²) in [7, 11) is 1.93. The molecular formula is C11H12ClN3. The van der Waals surface area contributed by atoms with E-state index in [1.807, 2.05) is 42.1 Å². The van der Waals surface area contributed by atoms with Crippen LogP contribution in [0.2, 0.25) is 5.02 Å². The minimum atomic E-state index is 0.432. The van der Waals surface area contributed by atoms with E-state index in [0.717, 1.165) is 17.1 Å². The number of hydrogen-bond donors (Lipinski definition) is 1. The number of hydrogen-bond acceptors (Lipinski definition) is 2. The molecule has 0 spiro atoms. The quantitative estimate of drug-likeness (QED) is 0.845. The fourth-order valence-electron chi connectivity index (χ4n) is 1.49. The summed E-state index contributed by atoms with van der Waals surface area (Å²) in [4.78, 5) is 4.41. The van der Waals surface area contributed by atoms with Gasteiger partial charge < -0.3 is 10.3 Å². The minimum Gasteiger partial charge on any atom is -0.336 e. The van der Waals surface area contributed by atoms with E-state index in [1.54, 1.807) is 0 Å². The summed E-state index contributed by atoms with van der Waals surface area (Å²) in [6, 6.07) is 7.65. The van der Waals surface area contributed by atoms with Crippen molar-refractivity contribution in [1.29, 1.82) is 0 Å². The van der Waals surface area contributed by atoms with E-state index in [2.05, 4.69) is 4.98 Å². The van der Waals surface area contributed by atoms with Gasteiger partial charge in [0.2, 0.25) is 0 Å². The molecule has 2 aromatic rings. The monoisotopic (exact) mass is 221 g/mol. The van der Waals surface area contributed by atoms with Crippen LogP contribution in [0.1, 0.15) is 5.82 Å². The minimum absolute atomic E-state index is 0.432. The normalized spacial score (nSPS) is 10.6. The van der Waals surface area contributed by atoms with Crippen LogP contribution in [0.3, 0.4) is 0 Å². The first-order valence-corrected chi connectivity index (χ1v) is 5.07. The maximum atomic E-state index is 6.08. The molecule has 4 heteroatoms. The largest absolute Gasteiger partial charge is 0.336 e. The fraction of sp³-hybridized carbons (Fsp3) is 0.182. The van der Waals surface area contributed by atoms with Crippen molar-refractivity contribution < 1.29 is 0 Å². The topological polar surface area (TPSA) is 43.8 Å². The second-order valence-electron chi connectivity index (χ2n) is 3.34. The Morgan fingerprint density at radius 3 is 2.73 bits per heavy atom. The summed E-state index contributed by atoms with van der Waals surface area (Å²) in [6.45, 7) is 0.432. The highest BCUT2D eigenvalue weighted by atomic mass is 35.5. The Morgan fingerprint density at radius 1 is 1.40 bits per heavy atom. The van der Waals surface area contributed by atoms with Gasteiger partial charge in [-0.2, -0.15) is 0 Å². The van der Waals surface area contributed by atoms with Crippen LogP contribution in [0.5, 0.6) is 0 Å². The van der Waals surface area contributed by atoms with Crippen LogP contribution in [-0.2, 0) is 13.6 Å². The zero-order valence-corrected chi connectivity index (χ0v) is 9.20. The number of aromatic nitrogens is 2. The van der Waals surface area contributed by atoms with E-state index in [0.29, 0.717) is 11.6 Å². The van der Waals surface area contributed by atoms with Crippen LogP contribution in [-0.4, -0.2) is 9.55 Å². The van der Waals surface area contributed by atoms with Gasteiger partial charge in [0.1, 0.15) is 5.82 Å². The van der Waals surface area contributed by atoms with Crippen molar-refractivity contribution in [3.05, 3.63) is 41.3 Å². The predicted octanol–water partition coefficient (Wildman–Crippen LogP) is 2.20. The maximum Gasteiger partial charge on any atom is 0.122 e. The highest BCUT2D eigenvalue weighted by Crippen LogP contribution is 2.26. The van der Waals surface area contributed by atoms with Crippen LogP contribution in [0.4, 0.5) is 0 Å². The molecule has 0 radical (unpaired) electrons. The number of benzene rings is 1. The summed E-state index contributed by atoms with van der Waals surface area (Å²) >= 11 is 6.08. The summed E-state index contributed by atoms with van der Waals surface area (Å²) in [5.74, 6) is 0.852. The molecule has 3 nitrogen and oxygen atoms in total. The molecule has 0 unspecified atom stereocenters. The van der Waals surface area contributed by atoms with E-state index in [9.17, 15) is 0 Å². The first-order valence-electron chi connectivity index (χ1n) is 4.69. The fourth-order valence-corrected chi connectivity index (χ4v) is 1.73. The molecule has 0 aliphatic rings. The molecule has 1 aromatic heterocycles. The van der Waals surface area contributed by atoms with Gasteiger partial charge >= 0.3 is 0 Å². The number of nitrogens with zero attached hydrogens (tertiary/aromatic N) is 2. The van der Waals surface area contributed by atoms with Gasteiger partial charge in [-0.25, -0.2) is 4.98 Å². The number of imidazole rings is 1. The third kappa shape index (κ3) is 1.89. The molecule has 0 atom stereocenters. The molecule has 15 heavy (non-hydrogen) atoms. The van der Waals surface area contributed by atoms with Crippen molar-refractivity contribution in [3.8, 4) is 11.3 Å². The van der Waals surface area contributed by atoms with Gasteiger partial charge in [-0.05, 0) is 6.07 Å².